The number of furan rings is 1. The van der Waals surface area contributed by atoms with Crippen molar-refractivity contribution in [2.75, 3.05) is 30.8 Å². The van der Waals surface area contributed by atoms with Crippen molar-refractivity contribution in [2.24, 2.45) is 0 Å². The van der Waals surface area contributed by atoms with Gasteiger partial charge in [0.2, 0.25) is 15.7 Å². The van der Waals surface area contributed by atoms with Crippen molar-refractivity contribution in [3.05, 3.63) is 77.1 Å². The Morgan fingerprint density at radius 2 is 1.90 bits per heavy atom. The average molecular weight is 565 g/mol. The number of carbonyl (C=O) groups excluding carboxylic acids is 1. The molecular weight excluding hydrogens is 535 g/mol. The molecule has 0 aliphatic rings. The van der Waals surface area contributed by atoms with Crippen LogP contribution in [0, 0.1) is 17.1 Å². The van der Waals surface area contributed by atoms with Crippen LogP contribution in [-0.4, -0.2) is 45.8 Å². The average Bonchev–Trinajstić information content (AvgIpc) is 3.32. The van der Waals surface area contributed by atoms with Gasteiger partial charge in [-0.15, -0.1) is 0 Å². The minimum Gasteiger partial charge on any atom is -0.492 e. The van der Waals surface area contributed by atoms with Crippen LogP contribution < -0.4 is 14.4 Å². The van der Waals surface area contributed by atoms with E-state index >= 15 is 0 Å². The zero-order valence-corrected chi connectivity index (χ0v) is 23.2. The second-order valence-electron chi connectivity index (χ2n) is 9.07. The van der Waals surface area contributed by atoms with Crippen LogP contribution in [0.1, 0.15) is 41.3 Å². The van der Waals surface area contributed by atoms with Gasteiger partial charge in [0.05, 0.1) is 29.4 Å². The highest BCUT2D eigenvalue weighted by atomic mass is 32.2. The Morgan fingerprint density at radius 1 is 1.18 bits per heavy atom. The highest BCUT2D eigenvalue weighted by Gasteiger charge is 2.27. The molecule has 4 rings (SSSR count). The molecule has 0 spiro atoms. The molecule has 0 atom stereocenters. The number of ether oxygens (including phenoxy) is 1. The van der Waals surface area contributed by atoms with Gasteiger partial charge in [-0.2, -0.15) is 10.2 Å². The first kappa shape index (κ1) is 28.6. The first-order valence-electron chi connectivity index (χ1n) is 12.7. The number of para-hydroxylation sites is 1. The van der Waals surface area contributed by atoms with E-state index < -0.39 is 21.7 Å². The van der Waals surface area contributed by atoms with Crippen LogP contribution in [-0.2, 0) is 16.4 Å². The maximum Gasteiger partial charge on any atom is 0.255 e. The molecule has 2 heterocycles. The first-order chi connectivity index (χ1) is 19.2. The molecular formula is C29H29FN4O5S. The number of hydrogen-bond acceptors (Lipinski definition) is 7. The fourth-order valence-electron chi connectivity index (χ4n) is 4.34. The molecule has 11 heteroatoms. The van der Waals surface area contributed by atoms with Crippen molar-refractivity contribution >= 4 is 32.8 Å². The van der Waals surface area contributed by atoms with Crippen molar-refractivity contribution in [1.82, 2.24) is 10.3 Å². The lowest BCUT2D eigenvalue weighted by Gasteiger charge is -2.23. The lowest BCUT2D eigenvalue weighted by molar-refractivity contribution is 0.0964. The molecule has 1 amide bonds. The summed E-state index contributed by atoms with van der Waals surface area (Å²) in [6.45, 7) is 2.31. The van der Waals surface area contributed by atoms with Gasteiger partial charge in [-0.05, 0) is 67.3 Å². The number of hydrogen-bond donors (Lipinski definition) is 1. The Balaban J connectivity index is 1.65. The molecule has 2 aromatic carbocycles. The highest BCUT2D eigenvalue weighted by molar-refractivity contribution is 7.92. The molecule has 0 unspecified atom stereocenters. The maximum atomic E-state index is 13.5. The number of nitriles is 1. The number of carbonyl (C=O) groups is 1. The van der Waals surface area contributed by atoms with E-state index in [9.17, 15) is 22.9 Å². The predicted octanol–water partition coefficient (Wildman–Crippen LogP) is 5.05. The van der Waals surface area contributed by atoms with Gasteiger partial charge in [0.25, 0.3) is 5.91 Å². The number of nitrogens with zero attached hydrogens (tertiary/aromatic N) is 3. The zero-order chi connectivity index (χ0) is 28.9. The number of benzene rings is 2. The van der Waals surface area contributed by atoms with Crippen molar-refractivity contribution in [3.63, 3.8) is 0 Å². The van der Waals surface area contributed by atoms with E-state index in [1.807, 2.05) is 6.92 Å². The van der Waals surface area contributed by atoms with E-state index in [1.165, 1.54) is 35.6 Å². The molecule has 1 N–H and O–H groups in total. The summed E-state index contributed by atoms with van der Waals surface area (Å²) in [5, 5.41) is 12.2. The topological polar surface area (TPSA) is 126 Å². The van der Waals surface area contributed by atoms with Crippen LogP contribution in [0.5, 0.6) is 5.75 Å². The molecule has 0 radical (unpaired) electrons. The summed E-state index contributed by atoms with van der Waals surface area (Å²) in [6, 6.07) is 16.2. The van der Waals surface area contributed by atoms with Gasteiger partial charge in [0, 0.05) is 19.2 Å². The van der Waals surface area contributed by atoms with Gasteiger partial charge in [-0.25, -0.2) is 12.8 Å². The largest absolute Gasteiger partial charge is 0.492 e. The van der Waals surface area contributed by atoms with Crippen LogP contribution in [0.15, 0.2) is 59.0 Å². The van der Waals surface area contributed by atoms with E-state index in [2.05, 4.69) is 16.4 Å². The second-order valence-corrected chi connectivity index (χ2v) is 11.0. The number of rotatable bonds is 11. The number of amides is 1. The Hall–Kier alpha value is -4.43. The number of fused-ring (bicyclic) bond motifs is 1. The molecule has 0 saturated heterocycles. The third kappa shape index (κ3) is 6.07. The number of aromatic nitrogens is 1. The lowest BCUT2D eigenvalue weighted by atomic mass is 10.0. The van der Waals surface area contributed by atoms with Gasteiger partial charge in [0.15, 0.2) is 0 Å². The molecule has 208 valence electrons. The minimum atomic E-state index is -3.73. The summed E-state index contributed by atoms with van der Waals surface area (Å²) in [4.78, 5) is 17.4. The van der Waals surface area contributed by atoms with Gasteiger partial charge in [-0.1, -0.05) is 19.1 Å². The Morgan fingerprint density at radius 3 is 2.55 bits per heavy atom. The van der Waals surface area contributed by atoms with Crippen molar-refractivity contribution in [1.29, 1.82) is 5.26 Å². The molecule has 9 nitrogen and oxygen atoms in total. The highest BCUT2D eigenvalue weighted by Crippen LogP contribution is 2.36. The van der Waals surface area contributed by atoms with Crippen molar-refractivity contribution in [3.8, 4) is 23.1 Å². The van der Waals surface area contributed by atoms with Gasteiger partial charge in [-0.3, -0.25) is 9.10 Å². The lowest BCUT2D eigenvalue weighted by Crippen LogP contribution is -2.32. The number of unbranched alkanes of at least 4 members (excludes halogenated alkanes) is 1. The second kappa shape index (κ2) is 12.2. The van der Waals surface area contributed by atoms with Gasteiger partial charge in [0.1, 0.15) is 29.2 Å². The number of halogens is 1. The van der Waals surface area contributed by atoms with Crippen LogP contribution in [0.3, 0.4) is 0 Å². The number of nitrogens with one attached hydrogen (secondary N) is 1. The molecule has 40 heavy (non-hydrogen) atoms. The normalized spacial score (nSPS) is 11.3. The fourth-order valence-corrected chi connectivity index (χ4v) is 5.27. The Bertz CT molecular complexity index is 1680. The number of aryl methyl sites for hydroxylation is 1. The summed E-state index contributed by atoms with van der Waals surface area (Å²) < 4.78 is 52.2. The Labute approximate surface area is 232 Å². The van der Waals surface area contributed by atoms with Crippen LogP contribution in [0.2, 0.25) is 0 Å². The summed E-state index contributed by atoms with van der Waals surface area (Å²) in [7, 11) is -2.23. The summed E-state index contributed by atoms with van der Waals surface area (Å²) >= 11 is 0. The monoisotopic (exact) mass is 564 g/mol. The minimum absolute atomic E-state index is 0.0928. The summed E-state index contributed by atoms with van der Waals surface area (Å²) in [6.07, 6.45) is 2.56. The number of pyridine rings is 1. The smallest absolute Gasteiger partial charge is 0.255 e. The van der Waals surface area contributed by atoms with E-state index in [1.54, 1.807) is 30.3 Å². The standard InChI is InChI=1S/C29H29FN4O5S/c1-4-19-17-23-25(28(35)32-2)26(20-11-13-22(30)14-12-20)39-29(23)33-27(19)34(40(3,36)37)15-7-8-16-38-24-10-6-5-9-21(24)18-31/h5-6,9-14,17H,4,7-8,15-16H2,1-3H3,(H,32,35). The predicted molar refractivity (Wildman–Crippen MR) is 150 cm³/mol. The number of sulfonamides is 1. The molecule has 0 fully saturated rings. The van der Waals surface area contributed by atoms with E-state index in [0.717, 1.165) is 6.26 Å². The van der Waals surface area contributed by atoms with Crippen LogP contribution in [0.25, 0.3) is 22.4 Å². The van der Waals surface area contributed by atoms with Gasteiger partial charge < -0.3 is 14.5 Å². The van der Waals surface area contributed by atoms with Crippen molar-refractivity contribution in [2.45, 2.75) is 26.2 Å². The SMILES string of the molecule is CCc1cc2c(C(=O)NC)c(-c3ccc(F)cc3)oc2nc1N(CCCCOc1ccccc1C#N)S(C)(=O)=O. The maximum absolute atomic E-state index is 13.5. The molecule has 0 bridgehead atoms. The van der Waals surface area contributed by atoms with Gasteiger partial charge >= 0.3 is 0 Å². The van der Waals surface area contributed by atoms with E-state index in [-0.39, 0.29) is 29.4 Å². The Kier molecular flexibility index (Phi) is 8.70. The zero-order valence-electron chi connectivity index (χ0n) is 22.4. The molecule has 0 saturated carbocycles. The van der Waals surface area contributed by atoms with Crippen molar-refractivity contribution < 1.29 is 26.8 Å². The van der Waals surface area contributed by atoms with Crippen LogP contribution >= 0.6 is 0 Å². The molecule has 2 aromatic heterocycles. The third-order valence-corrected chi connectivity index (χ3v) is 7.49. The third-order valence-electron chi connectivity index (χ3n) is 6.34. The number of anilines is 1. The molecule has 0 aliphatic carbocycles. The molecule has 0 aliphatic heterocycles. The van der Waals surface area contributed by atoms with Crippen LogP contribution in [0.4, 0.5) is 10.2 Å². The fraction of sp³-hybridized carbons (Fsp3) is 0.276. The van der Waals surface area contributed by atoms with E-state index in [0.29, 0.717) is 53.7 Å². The molecule has 4 aromatic rings. The quantitative estimate of drug-likeness (QED) is 0.253. The van der Waals surface area contributed by atoms with E-state index in [4.69, 9.17) is 9.15 Å². The summed E-state index contributed by atoms with van der Waals surface area (Å²) in [5.74, 6) is 0.0658. The first-order valence-corrected chi connectivity index (χ1v) is 14.6. The summed E-state index contributed by atoms with van der Waals surface area (Å²) in [5.41, 5.74) is 1.86.